The maximum absolute atomic E-state index is 2.49. The van der Waals surface area contributed by atoms with Crippen LogP contribution in [0.1, 0.15) is 45.2 Å². The Kier molecular flexibility index (Phi) is 6.43. The van der Waals surface area contributed by atoms with Crippen molar-refractivity contribution in [3.63, 3.8) is 0 Å². The monoisotopic (exact) mass is 585 g/mol. The molecule has 0 saturated carbocycles. The Morgan fingerprint density at radius 3 is 1.73 bits per heavy atom. The van der Waals surface area contributed by atoms with Crippen LogP contribution in [0.4, 0.5) is 0 Å². The van der Waals surface area contributed by atoms with Crippen molar-refractivity contribution in [3.05, 3.63) is 133 Å². The van der Waals surface area contributed by atoms with Gasteiger partial charge in [0, 0.05) is 48.0 Å². The molecule has 0 aliphatic rings. The number of rotatable bonds is 5. The van der Waals surface area contributed by atoms with Crippen molar-refractivity contribution in [3.8, 4) is 33.4 Å². The first kappa shape index (κ1) is 26.9. The van der Waals surface area contributed by atoms with Crippen molar-refractivity contribution in [1.82, 2.24) is 4.57 Å². The fourth-order valence-electron chi connectivity index (χ4n) is 6.90. The second kappa shape index (κ2) is 10.5. The van der Waals surface area contributed by atoms with E-state index in [1.54, 1.807) is 0 Å². The fourth-order valence-corrected chi connectivity index (χ4v) is 8.26. The van der Waals surface area contributed by atoms with E-state index >= 15 is 0 Å². The minimum Gasteiger partial charge on any atom is -0.338 e. The molecule has 44 heavy (non-hydrogen) atoms. The predicted molar refractivity (Wildman–Crippen MR) is 193 cm³/mol. The molecule has 8 rings (SSSR count). The van der Waals surface area contributed by atoms with Crippen molar-refractivity contribution in [2.45, 2.75) is 39.7 Å². The van der Waals surface area contributed by atoms with Gasteiger partial charge in [0.25, 0.3) is 0 Å². The highest BCUT2D eigenvalue weighted by molar-refractivity contribution is 7.26. The van der Waals surface area contributed by atoms with Crippen LogP contribution in [-0.4, -0.2) is 4.57 Å². The van der Waals surface area contributed by atoms with E-state index in [9.17, 15) is 0 Å². The van der Waals surface area contributed by atoms with Gasteiger partial charge < -0.3 is 4.57 Å². The molecule has 0 aliphatic heterocycles. The average Bonchev–Trinajstić information content (AvgIpc) is 3.60. The lowest BCUT2D eigenvalue weighted by molar-refractivity contribution is 0.642. The molecule has 214 valence electrons. The number of fused-ring (bicyclic) bond motifs is 6. The summed E-state index contributed by atoms with van der Waals surface area (Å²) in [4.78, 5) is 0. The van der Waals surface area contributed by atoms with Gasteiger partial charge in [0.05, 0.1) is 0 Å². The van der Waals surface area contributed by atoms with Crippen LogP contribution in [0.2, 0.25) is 0 Å². The van der Waals surface area contributed by atoms with Gasteiger partial charge in [-0.05, 0) is 95.1 Å². The number of nitrogens with zero attached hydrogens (tertiary/aromatic N) is 1. The Morgan fingerprint density at radius 1 is 0.455 bits per heavy atom. The molecule has 0 N–H and O–H groups in total. The van der Waals surface area contributed by atoms with Gasteiger partial charge in [-0.2, -0.15) is 0 Å². The van der Waals surface area contributed by atoms with E-state index in [1.165, 1.54) is 80.9 Å². The minimum atomic E-state index is 0.360. The molecule has 0 radical (unpaired) electrons. The first-order valence-electron chi connectivity index (χ1n) is 15.7. The molecule has 0 fully saturated rings. The molecule has 0 saturated heterocycles. The van der Waals surface area contributed by atoms with E-state index in [0.29, 0.717) is 12.0 Å². The average molecular weight is 586 g/mol. The predicted octanol–water partition coefficient (Wildman–Crippen LogP) is 12.9. The van der Waals surface area contributed by atoms with Gasteiger partial charge in [-0.15, -0.1) is 11.3 Å². The molecule has 0 aliphatic carbocycles. The van der Waals surface area contributed by atoms with E-state index in [1.807, 2.05) is 11.3 Å². The maximum atomic E-state index is 2.49. The highest BCUT2D eigenvalue weighted by Gasteiger charge is 2.19. The number of aromatic nitrogens is 1. The quantitative estimate of drug-likeness (QED) is 0.189. The van der Waals surface area contributed by atoms with Gasteiger partial charge in [-0.1, -0.05) is 105 Å². The summed E-state index contributed by atoms with van der Waals surface area (Å²) in [7, 11) is 0. The SMILES string of the molecule is CC(C)c1cc(-c2ccc3c(c2)c2cc(-c4ccccc4)ccc2n3C(C)C)c2sc3c(-c4ccccc4)cccc3c2c1. The fraction of sp³-hybridized carbons (Fsp3) is 0.143. The van der Waals surface area contributed by atoms with Crippen LogP contribution in [0, 0.1) is 0 Å². The molecule has 0 amide bonds. The second-order valence-corrected chi connectivity index (χ2v) is 13.6. The summed E-state index contributed by atoms with van der Waals surface area (Å²) in [5.41, 5.74) is 11.7. The summed E-state index contributed by atoms with van der Waals surface area (Å²) in [6.45, 7) is 9.18. The molecule has 0 unspecified atom stereocenters. The van der Waals surface area contributed by atoms with Gasteiger partial charge in [0.2, 0.25) is 0 Å². The van der Waals surface area contributed by atoms with E-state index < -0.39 is 0 Å². The topological polar surface area (TPSA) is 4.93 Å². The van der Waals surface area contributed by atoms with Gasteiger partial charge in [0.15, 0.2) is 0 Å². The summed E-state index contributed by atoms with van der Waals surface area (Å²) in [5.74, 6) is 0.436. The molecule has 1 nitrogen and oxygen atoms in total. The Bertz CT molecular complexity index is 2320. The molecule has 6 aromatic carbocycles. The summed E-state index contributed by atoms with van der Waals surface area (Å²) < 4.78 is 5.22. The van der Waals surface area contributed by atoms with Crippen LogP contribution < -0.4 is 0 Å². The molecular weight excluding hydrogens is 551 g/mol. The maximum Gasteiger partial charge on any atom is 0.0494 e. The van der Waals surface area contributed by atoms with Crippen LogP contribution in [0.25, 0.3) is 75.4 Å². The van der Waals surface area contributed by atoms with E-state index in [0.717, 1.165) is 0 Å². The lowest BCUT2D eigenvalue weighted by atomic mass is 9.93. The number of thiophene rings is 1. The lowest BCUT2D eigenvalue weighted by Gasteiger charge is -2.13. The first-order chi connectivity index (χ1) is 21.5. The van der Waals surface area contributed by atoms with Crippen LogP contribution in [0.15, 0.2) is 127 Å². The van der Waals surface area contributed by atoms with Crippen LogP contribution in [-0.2, 0) is 0 Å². The minimum absolute atomic E-state index is 0.360. The van der Waals surface area contributed by atoms with Gasteiger partial charge >= 0.3 is 0 Å². The molecule has 0 atom stereocenters. The Balaban J connectivity index is 1.41. The Morgan fingerprint density at radius 2 is 1.07 bits per heavy atom. The van der Waals surface area contributed by atoms with Crippen molar-refractivity contribution < 1.29 is 0 Å². The summed E-state index contributed by atoms with van der Waals surface area (Å²) in [6, 6.07) is 47.7. The van der Waals surface area contributed by atoms with Gasteiger partial charge in [-0.3, -0.25) is 0 Å². The largest absolute Gasteiger partial charge is 0.338 e. The van der Waals surface area contributed by atoms with Crippen molar-refractivity contribution in [1.29, 1.82) is 0 Å². The molecule has 0 bridgehead atoms. The molecule has 8 aromatic rings. The van der Waals surface area contributed by atoms with Crippen LogP contribution >= 0.6 is 11.3 Å². The molecule has 2 heteroatoms. The second-order valence-electron chi connectivity index (χ2n) is 12.5. The third kappa shape index (κ3) is 4.28. The molecule has 2 aromatic heterocycles. The number of hydrogen-bond acceptors (Lipinski definition) is 1. The summed E-state index contributed by atoms with van der Waals surface area (Å²) in [6.07, 6.45) is 0. The van der Waals surface area contributed by atoms with E-state index in [4.69, 9.17) is 0 Å². The van der Waals surface area contributed by atoms with Crippen LogP contribution in [0.5, 0.6) is 0 Å². The summed E-state index contributed by atoms with van der Waals surface area (Å²) in [5, 5.41) is 5.34. The van der Waals surface area contributed by atoms with Crippen molar-refractivity contribution >= 4 is 53.3 Å². The van der Waals surface area contributed by atoms with Crippen LogP contribution in [0.3, 0.4) is 0 Å². The normalized spacial score (nSPS) is 12.0. The molecular formula is C42H35NS. The zero-order valence-electron chi connectivity index (χ0n) is 25.6. The van der Waals surface area contributed by atoms with Gasteiger partial charge in [-0.25, -0.2) is 0 Å². The highest BCUT2D eigenvalue weighted by Crippen LogP contribution is 2.46. The number of hydrogen-bond donors (Lipinski definition) is 0. The third-order valence-electron chi connectivity index (χ3n) is 9.11. The van der Waals surface area contributed by atoms with Crippen molar-refractivity contribution in [2.75, 3.05) is 0 Å². The first-order valence-corrected chi connectivity index (χ1v) is 16.5. The van der Waals surface area contributed by atoms with Crippen molar-refractivity contribution in [2.24, 2.45) is 0 Å². The lowest BCUT2D eigenvalue weighted by Crippen LogP contribution is -1.99. The van der Waals surface area contributed by atoms with E-state index in [-0.39, 0.29) is 0 Å². The standard InChI is InChI=1S/C42H35NS/c1-26(2)32-24-35(42-38(25-32)34-17-11-16-33(41(34)44-42)29-14-9-6-10-15-29)31-19-21-40-37(23-31)36-22-30(28-12-7-5-8-13-28)18-20-39(36)43(40)27(3)4/h5-27H,1-4H3. The smallest absolute Gasteiger partial charge is 0.0494 e. The van der Waals surface area contributed by atoms with Gasteiger partial charge in [0.1, 0.15) is 0 Å². The third-order valence-corrected chi connectivity index (χ3v) is 10.4. The Hall–Kier alpha value is -4.66. The number of benzene rings is 6. The zero-order chi connectivity index (χ0) is 29.9. The summed E-state index contributed by atoms with van der Waals surface area (Å²) >= 11 is 1.94. The zero-order valence-corrected chi connectivity index (χ0v) is 26.5. The molecule has 2 heterocycles. The Labute approximate surface area is 263 Å². The van der Waals surface area contributed by atoms with E-state index in [2.05, 4.69) is 160 Å². The highest BCUT2D eigenvalue weighted by atomic mass is 32.1. The molecule has 0 spiro atoms.